The van der Waals surface area contributed by atoms with E-state index in [1.165, 1.54) is 12.8 Å². The first-order valence-corrected chi connectivity index (χ1v) is 12.0. The van der Waals surface area contributed by atoms with Gasteiger partial charge < -0.3 is 14.4 Å². The quantitative estimate of drug-likeness (QED) is 0.598. The van der Waals surface area contributed by atoms with Crippen LogP contribution in [0.3, 0.4) is 0 Å². The van der Waals surface area contributed by atoms with Crippen LogP contribution >= 0.6 is 11.6 Å². The first-order chi connectivity index (χ1) is 15.2. The van der Waals surface area contributed by atoms with Gasteiger partial charge in [-0.3, -0.25) is 9.59 Å². The third-order valence-electron chi connectivity index (χ3n) is 7.59. The molecule has 6 heteroatoms. The molecule has 32 heavy (non-hydrogen) atoms. The Kier molecular flexibility index (Phi) is 5.16. The lowest BCUT2D eigenvalue weighted by atomic mass is 9.90. The second-order valence-corrected chi connectivity index (χ2v) is 10.3. The highest BCUT2D eigenvalue weighted by atomic mass is 35.5. The maximum atomic E-state index is 13.6. The topological polar surface area (TPSA) is 55.8 Å². The predicted octanol–water partition coefficient (Wildman–Crippen LogP) is 5.56. The minimum absolute atomic E-state index is 0.0918. The van der Waals surface area contributed by atoms with E-state index in [2.05, 4.69) is 0 Å². The van der Waals surface area contributed by atoms with Gasteiger partial charge in [-0.25, -0.2) is 0 Å². The van der Waals surface area contributed by atoms with E-state index in [-0.39, 0.29) is 11.7 Å². The number of ketones is 1. The Balaban J connectivity index is 1.48. The minimum atomic E-state index is -0.736. The summed E-state index contributed by atoms with van der Waals surface area (Å²) in [5, 5.41) is 0.498. The Labute approximate surface area is 194 Å². The largest absolute Gasteiger partial charge is 0.448 e. The molecule has 2 aliphatic carbocycles. The molecule has 0 spiro atoms. The molecule has 5 rings (SSSR count). The number of amides is 1. The molecule has 1 saturated carbocycles. The lowest BCUT2D eigenvalue weighted by Crippen LogP contribution is -2.42. The fourth-order valence-electron chi connectivity index (χ4n) is 5.79. The van der Waals surface area contributed by atoms with Crippen LogP contribution in [0.4, 0.5) is 0 Å². The van der Waals surface area contributed by atoms with Crippen molar-refractivity contribution in [2.45, 2.75) is 72.0 Å². The number of rotatable bonds is 3. The molecular weight excluding hydrogens is 426 g/mol. The molecule has 0 N–H and O–H groups in total. The van der Waals surface area contributed by atoms with E-state index in [4.69, 9.17) is 21.1 Å². The van der Waals surface area contributed by atoms with Crippen LogP contribution in [0.2, 0.25) is 5.02 Å². The summed E-state index contributed by atoms with van der Waals surface area (Å²) in [5.41, 5.74) is 4.96. The number of Topliss-reactive ketones (excluding diaryl/α,β-unsaturated/α-hetero) is 1. The highest BCUT2D eigenvalue weighted by Gasteiger charge is 2.48. The summed E-state index contributed by atoms with van der Waals surface area (Å²) in [5.74, 6) is 0.778. The molecular formula is C26H30ClNO4. The number of benzene rings is 1. The Morgan fingerprint density at radius 1 is 1.12 bits per heavy atom. The van der Waals surface area contributed by atoms with Crippen molar-refractivity contribution in [1.82, 2.24) is 4.90 Å². The first kappa shape index (κ1) is 21.6. The van der Waals surface area contributed by atoms with Crippen LogP contribution < -0.4 is 9.47 Å². The molecule has 0 aromatic heterocycles. The monoisotopic (exact) mass is 455 g/mol. The molecule has 1 amide bonds. The highest BCUT2D eigenvalue weighted by Crippen LogP contribution is 2.54. The zero-order chi connectivity index (χ0) is 22.8. The van der Waals surface area contributed by atoms with E-state index in [9.17, 15) is 9.59 Å². The molecule has 0 bridgehead atoms. The number of hydrogen-bond donors (Lipinski definition) is 0. The minimum Gasteiger partial charge on any atom is -0.448 e. The van der Waals surface area contributed by atoms with Crippen LogP contribution in [0.5, 0.6) is 11.5 Å². The number of ether oxygens (including phenoxy) is 2. The van der Waals surface area contributed by atoms with Crippen LogP contribution in [0, 0.1) is 12.8 Å². The summed E-state index contributed by atoms with van der Waals surface area (Å²) in [4.78, 5) is 28.0. The van der Waals surface area contributed by atoms with Crippen LogP contribution in [-0.4, -0.2) is 35.5 Å². The van der Waals surface area contributed by atoms with E-state index in [1.807, 2.05) is 33.8 Å². The van der Waals surface area contributed by atoms with Crippen molar-refractivity contribution in [2.24, 2.45) is 5.92 Å². The number of hydrogen-bond acceptors (Lipinski definition) is 4. The van der Waals surface area contributed by atoms with Gasteiger partial charge in [0, 0.05) is 43.5 Å². The third-order valence-corrected chi connectivity index (χ3v) is 7.99. The van der Waals surface area contributed by atoms with Crippen molar-refractivity contribution in [3.05, 3.63) is 44.5 Å². The van der Waals surface area contributed by atoms with Gasteiger partial charge in [-0.15, -0.1) is 0 Å². The SMILES string of the molecule is CC1=CC(C)=C(CN2CCc3c(Cl)c4c(c(C)c3C2=O)OC(C)(C2CCCC2)O4)C(=O)C1. The highest BCUT2D eigenvalue weighted by molar-refractivity contribution is 6.34. The molecule has 1 aromatic carbocycles. The smallest absolute Gasteiger partial charge is 0.254 e. The molecule has 2 aliphatic heterocycles. The molecule has 4 aliphatic rings. The average Bonchev–Trinajstić information content (AvgIpc) is 3.39. The van der Waals surface area contributed by atoms with Crippen molar-refractivity contribution in [3.8, 4) is 11.5 Å². The molecule has 2 heterocycles. The number of carbonyl (C=O) groups excluding carboxylic acids is 2. The Hall–Kier alpha value is -2.27. The van der Waals surface area contributed by atoms with E-state index >= 15 is 0 Å². The summed E-state index contributed by atoms with van der Waals surface area (Å²) in [6, 6.07) is 0. The fraction of sp³-hybridized carbons (Fsp3) is 0.538. The van der Waals surface area contributed by atoms with Crippen molar-refractivity contribution in [2.75, 3.05) is 13.1 Å². The van der Waals surface area contributed by atoms with Crippen LogP contribution in [-0.2, 0) is 11.2 Å². The normalized spacial score (nSPS) is 25.5. The number of nitrogens with zero attached hydrogens (tertiary/aromatic N) is 1. The van der Waals surface area contributed by atoms with Crippen LogP contribution in [0.15, 0.2) is 22.8 Å². The van der Waals surface area contributed by atoms with Crippen molar-refractivity contribution in [3.63, 3.8) is 0 Å². The maximum Gasteiger partial charge on any atom is 0.254 e. The zero-order valence-corrected chi connectivity index (χ0v) is 20.0. The van der Waals surface area contributed by atoms with E-state index in [0.717, 1.165) is 40.7 Å². The van der Waals surface area contributed by atoms with E-state index in [1.54, 1.807) is 4.90 Å². The molecule has 5 nitrogen and oxygen atoms in total. The van der Waals surface area contributed by atoms with Crippen LogP contribution in [0.1, 0.15) is 74.4 Å². The Morgan fingerprint density at radius 3 is 2.50 bits per heavy atom. The standard InChI is InChI=1S/C26H30ClNO4/c1-14-11-15(2)19(20(29)12-14)13-28-10-9-18-21(25(28)30)16(3)23-24(22(18)27)32-26(4,31-23)17-7-5-6-8-17/h11,17H,5-10,12-13H2,1-4H3. The number of halogens is 1. The number of allylic oxidation sites excluding steroid dienone is 3. The molecule has 1 fully saturated rings. The van der Waals surface area contributed by atoms with E-state index < -0.39 is 5.79 Å². The van der Waals surface area contributed by atoms with Crippen molar-refractivity contribution in [1.29, 1.82) is 0 Å². The molecule has 1 atom stereocenters. The molecule has 0 radical (unpaired) electrons. The maximum absolute atomic E-state index is 13.6. The van der Waals surface area contributed by atoms with Gasteiger partial charge in [0.25, 0.3) is 11.7 Å². The van der Waals surface area contributed by atoms with Gasteiger partial charge >= 0.3 is 0 Å². The molecule has 1 unspecified atom stereocenters. The van der Waals surface area contributed by atoms with Crippen LogP contribution in [0.25, 0.3) is 0 Å². The van der Waals surface area contributed by atoms with Gasteiger partial charge in [-0.2, -0.15) is 0 Å². The number of fused-ring (bicyclic) bond motifs is 2. The molecule has 0 saturated heterocycles. The van der Waals surface area contributed by atoms with Gasteiger partial charge in [0.05, 0.1) is 10.6 Å². The predicted molar refractivity (Wildman–Crippen MR) is 123 cm³/mol. The summed E-state index contributed by atoms with van der Waals surface area (Å²) in [6.07, 6.45) is 7.62. The van der Waals surface area contributed by atoms with E-state index in [0.29, 0.717) is 53.9 Å². The van der Waals surface area contributed by atoms with Crippen molar-refractivity contribution >= 4 is 23.3 Å². The molecule has 1 aromatic rings. The Morgan fingerprint density at radius 2 is 1.81 bits per heavy atom. The zero-order valence-electron chi connectivity index (χ0n) is 19.3. The first-order valence-electron chi connectivity index (χ1n) is 11.6. The summed E-state index contributed by atoms with van der Waals surface area (Å²) in [6.45, 7) is 8.68. The van der Waals surface area contributed by atoms with Gasteiger partial charge in [0.1, 0.15) is 0 Å². The van der Waals surface area contributed by atoms with Gasteiger partial charge in [0.2, 0.25) is 0 Å². The number of carbonyl (C=O) groups is 2. The molecule has 170 valence electrons. The van der Waals surface area contributed by atoms with Crippen molar-refractivity contribution < 1.29 is 19.1 Å². The summed E-state index contributed by atoms with van der Waals surface area (Å²) >= 11 is 6.80. The van der Waals surface area contributed by atoms with Gasteiger partial charge in [0.15, 0.2) is 17.3 Å². The van der Waals surface area contributed by atoms with Gasteiger partial charge in [-0.1, -0.05) is 36.1 Å². The lowest BCUT2D eigenvalue weighted by molar-refractivity contribution is -0.115. The summed E-state index contributed by atoms with van der Waals surface area (Å²) < 4.78 is 12.7. The summed E-state index contributed by atoms with van der Waals surface area (Å²) in [7, 11) is 0. The van der Waals surface area contributed by atoms with Gasteiger partial charge in [-0.05, 0) is 51.2 Å². The second kappa shape index (κ2) is 7.65. The lowest BCUT2D eigenvalue weighted by Gasteiger charge is -2.32. The Bertz CT molecular complexity index is 1100. The fourth-order valence-corrected chi connectivity index (χ4v) is 6.10. The third kappa shape index (κ3) is 3.28. The average molecular weight is 456 g/mol. The second-order valence-electron chi connectivity index (χ2n) is 9.88.